The number of anilines is 1. The topological polar surface area (TPSA) is 87.7 Å². The molecular formula is C32H46ClN3O4. The van der Waals surface area contributed by atoms with Crippen LogP contribution in [0.3, 0.4) is 0 Å². The smallest absolute Gasteiger partial charge is 0.408 e. The van der Waals surface area contributed by atoms with Crippen LogP contribution in [0.5, 0.6) is 0 Å². The van der Waals surface area contributed by atoms with E-state index in [1.54, 1.807) is 31.7 Å². The first-order valence-electron chi connectivity index (χ1n) is 14.0. The van der Waals surface area contributed by atoms with E-state index in [1.807, 2.05) is 78.8 Å². The van der Waals surface area contributed by atoms with Crippen molar-refractivity contribution in [2.75, 3.05) is 5.32 Å². The molecule has 0 spiro atoms. The van der Waals surface area contributed by atoms with Crippen LogP contribution >= 0.6 is 11.6 Å². The van der Waals surface area contributed by atoms with Gasteiger partial charge in [-0.2, -0.15) is 0 Å². The predicted molar refractivity (Wildman–Crippen MR) is 163 cm³/mol. The maximum absolute atomic E-state index is 14.5. The molecule has 8 heteroatoms. The van der Waals surface area contributed by atoms with Crippen LogP contribution in [0.2, 0.25) is 5.02 Å². The van der Waals surface area contributed by atoms with Crippen LogP contribution < -0.4 is 10.6 Å². The number of hydrogen-bond donors (Lipinski definition) is 2. The van der Waals surface area contributed by atoms with Crippen molar-refractivity contribution in [3.63, 3.8) is 0 Å². The van der Waals surface area contributed by atoms with E-state index in [9.17, 15) is 14.4 Å². The second-order valence-corrected chi connectivity index (χ2v) is 12.2. The number of benzene rings is 2. The van der Waals surface area contributed by atoms with Gasteiger partial charge in [-0.05, 0) is 78.0 Å². The first-order valence-corrected chi connectivity index (χ1v) is 14.4. The number of aryl methyl sites for hydroxylation is 3. The Morgan fingerprint density at radius 2 is 1.57 bits per heavy atom. The minimum Gasteiger partial charge on any atom is -0.444 e. The van der Waals surface area contributed by atoms with Gasteiger partial charge in [0, 0.05) is 6.04 Å². The Kier molecular flexibility index (Phi) is 11.6. The van der Waals surface area contributed by atoms with Gasteiger partial charge in [-0.1, -0.05) is 80.3 Å². The molecule has 2 rings (SSSR count). The van der Waals surface area contributed by atoms with Crippen molar-refractivity contribution in [2.45, 2.75) is 106 Å². The van der Waals surface area contributed by atoms with Gasteiger partial charge in [0.2, 0.25) is 5.91 Å². The summed E-state index contributed by atoms with van der Waals surface area (Å²) in [5.74, 6) is -0.930. The van der Waals surface area contributed by atoms with Crippen LogP contribution in [0.25, 0.3) is 0 Å². The third-order valence-corrected chi connectivity index (χ3v) is 7.34. The van der Waals surface area contributed by atoms with Crippen molar-refractivity contribution in [3.05, 3.63) is 63.7 Å². The Bertz CT molecular complexity index is 1170. The van der Waals surface area contributed by atoms with Gasteiger partial charge >= 0.3 is 6.09 Å². The summed E-state index contributed by atoms with van der Waals surface area (Å²) in [6, 6.07) is 9.12. The van der Waals surface area contributed by atoms with Crippen LogP contribution in [-0.2, 0) is 14.3 Å². The van der Waals surface area contributed by atoms with Crippen LogP contribution in [0.15, 0.2) is 36.4 Å². The summed E-state index contributed by atoms with van der Waals surface area (Å²) in [4.78, 5) is 43.1. The summed E-state index contributed by atoms with van der Waals surface area (Å²) in [6.07, 6.45) is 0.569. The molecule has 4 atom stereocenters. The molecule has 0 saturated heterocycles. The van der Waals surface area contributed by atoms with Gasteiger partial charge in [0.15, 0.2) is 0 Å². The third kappa shape index (κ3) is 8.72. The number of rotatable bonds is 10. The highest BCUT2D eigenvalue weighted by Gasteiger charge is 2.40. The fourth-order valence-corrected chi connectivity index (χ4v) is 4.93. The lowest BCUT2D eigenvalue weighted by atomic mass is 9.93. The lowest BCUT2D eigenvalue weighted by Gasteiger charge is -2.39. The van der Waals surface area contributed by atoms with Gasteiger partial charge in [-0.15, -0.1) is 0 Å². The number of nitrogens with one attached hydrogen (secondary N) is 2. The van der Waals surface area contributed by atoms with Crippen molar-refractivity contribution in [1.82, 2.24) is 10.2 Å². The van der Waals surface area contributed by atoms with Crippen molar-refractivity contribution in [1.29, 1.82) is 0 Å². The third-order valence-electron chi connectivity index (χ3n) is 7.03. The van der Waals surface area contributed by atoms with Crippen molar-refractivity contribution in [3.8, 4) is 0 Å². The fraction of sp³-hybridized carbons (Fsp3) is 0.531. The number of carbonyl (C=O) groups excluding carboxylic acids is 3. The summed E-state index contributed by atoms with van der Waals surface area (Å²) >= 11 is 6.47. The molecule has 0 aliphatic carbocycles. The lowest BCUT2D eigenvalue weighted by Crippen LogP contribution is -2.56. The van der Waals surface area contributed by atoms with Gasteiger partial charge in [0.25, 0.3) is 5.91 Å². The second-order valence-electron chi connectivity index (χ2n) is 11.8. The Labute approximate surface area is 245 Å². The van der Waals surface area contributed by atoms with Crippen LogP contribution in [0, 0.1) is 26.7 Å². The predicted octanol–water partition coefficient (Wildman–Crippen LogP) is 7.51. The van der Waals surface area contributed by atoms with Crippen LogP contribution in [0.1, 0.15) is 89.6 Å². The Hall–Kier alpha value is -3.06. The van der Waals surface area contributed by atoms with E-state index in [-0.39, 0.29) is 23.8 Å². The monoisotopic (exact) mass is 571 g/mol. The molecule has 7 nitrogen and oxygen atoms in total. The van der Waals surface area contributed by atoms with Crippen LogP contribution in [-0.4, -0.2) is 40.5 Å². The second kappa shape index (κ2) is 14.0. The fourth-order valence-electron chi connectivity index (χ4n) is 4.66. The zero-order valence-corrected chi connectivity index (χ0v) is 26.4. The molecule has 2 N–H and O–H groups in total. The van der Waals surface area contributed by atoms with Gasteiger partial charge in [0.05, 0.1) is 10.7 Å². The molecule has 2 aromatic rings. The Morgan fingerprint density at radius 1 is 0.975 bits per heavy atom. The summed E-state index contributed by atoms with van der Waals surface area (Å²) in [5, 5.41) is 6.24. The number of amides is 3. The number of nitrogens with zero attached hydrogens (tertiary/aromatic N) is 1. The number of ether oxygens (including phenoxy) is 1. The molecule has 3 amide bonds. The van der Waals surface area contributed by atoms with E-state index in [2.05, 4.69) is 10.6 Å². The first-order chi connectivity index (χ1) is 18.6. The van der Waals surface area contributed by atoms with Gasteiger partial charge in [-0.25, -0.2) is 4.79 Å². The van der Waals surface area contributed by atoms with Crippen molar-refractivity contribution >= 4 is 35.2 Å². The summed E-state index contributed by atoms with van der Waals surface area (Å²) in [6.45, 7) is 18.9. The average molecular weight is 572 g/mol. The minimum absolute atomic E-state index is 0.208. The number of carbonyl (C=O) groups is 3. The standard InChI is InChI=1S/C32H46ClN3O4/c1-11-21(5)27(35-31(39)40-32(8,9)10)30(38)36(23(7)12-2)28(24-17-19(3)16-20(4)18-24)29(37)34-26-22(6)14-13-15-25(26)33/h13-18,21,23,27-28H,11-12H2,1-10H3,(H,34,37)(H,35,39). The molecule has 0 aliphatic heterocycles. The maximum Gasteiger partial charge on any atom is 0.408 e. The number of para-hydroxylation sites is 1. The van der Waals surface area contributed by atoms with Crippen molar-refractivity contribution in [2.24, 2.45) is 5.92 Å². The zero-order chi connectivity index (χ0) is 30.4. The summed E-state index contributed by atoms with van der Waals surface area (Å²) in [5.41, 5.74) is 3.23. The molecule has 4 unspecified atom stereocenters. The highest BCUT2D eigenvalue weighted by molar-refractivity contribution is 6.34. The molecule has 2 aromatic carbocycles. The van der Waals surface area contributed by atoms with Gasteiger partial charge in [0.1, 0.15) is 17.7 Å². The van der Waals surface area contributed by atoms with E-state index < -0.39 is 23.8 Å². The normalized spacial score (nSPS) is 14.5. The van der Waals surface area contributed by atoms with E-state index in [1.165, 1.54) is 0 Å². The van der Waals surface area contributed by atoms with E-state index in [4.69, 9.17) is 16.3 Å². The minimum atomic E-state index is -0.969. The number of alkyl carbamates (subject to hydrolysis) is 1. The molecular weight excluding hydrogens is 526 g/mol. The zero-order valence-electron chi connectivity index (χ0n) is 25.6. The average Bonchev–Trinajstić information content (AvgIpc) is 2.84. The molecule has 0 aliphatic rings. The molecule has 40 heavy (non-hydrogen) atoms. The highest BCUT2D eigenvalue weighted by Crippen LogP contribution is 2.32. The van der Waals surface area contributed by atoms with Crippen molar-refractivity contribution < 1.29 is 19.1 Å². The summed E-state index contributed by atoms with van der Waals surface area (Å²) in [7, 11) is 0. The number of hydrogen-bond acceptors (Lipinski definition) is 4. The first kappa shape index (κ1) is 33.1. The highest BCUT2D eigenvalue weighted by atomic mass is 35.5. The van der Waals surface area contributed by atoms with E-state index in [0.717, 1.165) is 16.7 Å². The van der Waals surface area contributed by atoms with E-state index >= 15 is 0 Å². The molecule has 220 valence electrons. The molecule has 0 bridgehead atoms. The van der Waals surface area contributed by atoms with Gasteiger partial charge < -0.3 is 20.3 Å². The van der Waals surface area contributed by atoms with E-state index in [0.29, 0.717) is 29.1 Å². The quantitative estimate of drug-likeness (QED) is 0.309. The number of halogens is 1. The lowest BCUT2D eigenvalue weighted by molar-refractivity contribution is -0.144. The largest absolute Gasteiger partial charge is 0.444 e. The molecule has 0 saturated carbocycles. The Balaban J connectivity index is 2.68. The molecule has 0 radical (unpaired) electrons. The molecule has 0 heterocycles. The Morgan fingerprint density at radius 3 is 2.08 bits per heavy atom. The van der Waals surface area contributed by atoms with Crippen LogP contribution in [0.4, 0.5) is 10.5 Å². The maximum atomic E-state index is 14.5. The molecule has 0 fully saturated rings. The summed E-state index contributed by atoms with van der Waals surface area (Å²) < 4.78 is 5.49. The SMILES string of the molecule is CCC(C)C(NC(=O)OC(C)(C)C)C(=O)N(C(C)CC)C(C(=O)Nc1c(C)cccc1Cl)c1cc(C)cc(C)c1. The van der Waals surface area contributed by atoms with Gasteiger partial charge in [-0.3, -0.25) is 9.59 Å². The molecule has 0 aromatic heterocycles.